The lowest BCUT2D eigenvalue weighted by Gasteiger charge is -2.35. The molecule has 0 aromatic carbocycles. The minimum atomic E-state index is -0.372. The van der Waals surface area contributed by atoms with E-state index in [1.54, 1.807) is 0 Å². The van der Waals surface area contributed by atoms with E-state index >= 15 is 0 Å². The van der Waals surface area contributed by atoms with Crippen molar-refractivity contribution < 1.29 is 14.4 Å². The molecule has 3 atom stereocenters. The molecule has 0 spiro atoms. The summed E-state index contributed by atoms with van der Waals surface area (Å²) < 4.78 is 0. The third-order valence-electron chi connectivity index (χ3n) is 5.07. The van der Waals surface area contributed by atoms with Crippen molar-refractivity contribution in [2.75, 3.05) is 5.75 Å². The quantitative estimate of drug-likeness (QED) is 0.609. The van der Waals surface area contributed by atoms with Gasteiger partial charge in [-0.25, -0.2) is 4.79 Å². The van der Waals surface area contributed by atoms with Crippen LogP contribution in [0.25, 0.3) is 0 Å². The standard InChI is InChI=1S/C15H22N2O3S/c1-15(2,6-5-8-10(18)3-4-11(8)19)13-12-9(7-21-13)16-14(20)17-12/h8-9,12-13H,3-7H2,1-2H3,(H2,16,17,20). The molecule has 6 heteroatoms. The predicted octanol–water partition coefficient (Wildman–Crippen LogP) is 1.51. The third kappa shape index (κ3) is 2.70. The second-order valence-corrected chi connectivity index (χ2v) is 8.19. The van der Waals surface area contributed by atoms with Crippen molar-refractivity contribution in [3.05, 3.63) is 0 Å². The highest BCUT2D eigenvalue weighted by Crippen LogP contribution is 2.44. The van der Waals surface area contributed by atoms with Crippen LogP contribution in [0.2, 0.25) is 0 Å². The number of nitrogens with one attached hydrogen (secondary N) is 2. The van der Waals surface area contributed by atoms with E-state index in [0.29, 0.717) is 24.5 Å². The van der Waals surface area contributed by atoms with Crippen LogP contribution in [-0.2, 0) is 9.59 Å². The Labute approximate surface area is 129 Å². The Bertz CT molecular complexity index is 475. The molecule has 3 rings (SSSR count). The highest BCUT2D eigenvalue weighted by Gasteiger charge is 2.49. The van der Waals surface area contributed by atoms with Gasteiger partial charge in [0.2, 0.25) is 0 Å². The number of carbonyl (C=O) groups excluding carboxylic acids is 3. The number of Topliss-reactive ketones (excluding diaryl/α,β-unsaturated/α-hetero) is 2. The largest absolute Gasteiger partial charge is 0.332 e. The van der Waals surface area contributed by atoms with E-state index in [2.05, 4.69) is 24.5 Å². The molecule has 0 aromatic rings. The predicted molar refractivity (Wildman–Crippen MR) is 81.2 cm³/mol. The highest BCUT2D eigenvalue weighted by atomic mass is 32.2. The summed E-state index contributed by atoms with van der Waals surface area (Å²) in [6, 6.07) is 0.293. The smallest absolute Gasteiger partial charge is 0.315 e. The molecule has 21 heavy (non-hydrogen) atoms. The average molecular weight is 310 g/mol. The molecular formula is C15H22N2O3S. The van der Waals surface area contributed by atoms with Crippen LogP contribution in [-0.4, -0.2) is 40.7 Å². The van der Waals surface area contributed by atoms with Crippen LogP contribution in [0.5, 0.6) is 0 Å². The van der Waals surface area contributed by atoms with Crippen LogP contribution < -0.4 is 10.6 Å². The second kappa shape index (κ2) is 5.30. The van der Waals surface area contributed by atoms with Gasteiger partial charge in [-0.15, -0.1) is 0 Å². The number of hydrogen-bond donors (Lipinski definition) is 2. The topological polar surface area (TPSA) is 75.3 Å². The van der Waals surface area contributed by atoms with E-state index in [1.165, 1.54) is 0 Å². The first-order valence-corrected chi connectivity index (χ1v) is 8.67. The normalized spacial score (nSPS) is 33.2. The Hall–Kier alpha value is -1.04. The summed E-state index contributed by atoms with van der Waals surface area (Å²) in [6.45, 7) is 4.36. The van der Waals surface area contributed by atoms with Gasteiger partial charge >= 0.3 is 6.03 Å². The van der Waals surface area contributed by atoms with Gasteiger partial charge in [0, 0.05) is 23.8 Å². The molecule has 2 aliphatic heterocycles. The number of hydrogen-bond acceptors (Lipinski definition) is 4. The van der Waals surface area contributed by atoms with E-state index in [1.807, 2.05) is 11.8 Å². The zero-order chi connectivity index (χ0) is 15.2. The summed E-state index contributed by atoms with van der Waals surface area (Å²) >= 11 is 1.88. The first kappa shape index (κ1) is 14.9. The van der Waals surface area contributed by atoms with Crippen molar-refractivity contribution in [3.8, 4) is 0 Å². The number of amides is 2. The summed E-state index contributed by atoms with van der Waals surface area (Å²) in [4.78, 5) is 35.0. The van der Waals surface area contributed by atoms with Gasteiger partial charge < -0.3 is 10.6 Å². The SMILES string of the molecule is CC(C)(CCC1C(=O)CCC1=O)C1SCC2NC(=O)NC21. The van der Waals surface area contributed by atoms with Crippen LogP contribution in [0.1, 0.15) is 39.5 Å². The molecule has 0 bridgehead atoms. The van der Waals surface area contributed by atoms with Gasteiger partial charge in [-0.2, -0.15) is 11.8 Å². The van der Waals surface area contributed by atoms with Crippen molar-refractivity contribution >= 4 is 29.4 Å². The molecule has 116 valence electrons. The Balaban J connectivity index is 1.63. The highest BCUT2D eigenvalue weighted by molar-refractivity contribution is 8.00. The number of rotatable bonds is 4. The van der Waals surface area contributed by atoms with Gasteiger partial charge in [0.15, 0.2) is 0 Å². The average Bonchev–Trinajstić information content (AvgIpc) is 3.02. The molecule has 2 heterocycles. The van der Waals surface area contributed by atoms with Crippen molar-refractivity contribution in [3.63, 3.8) is 0 Å². The number of ketones is 2. The van der Waals surface area contributed by atoms with Crippen molar-refractivity contribution in [1.82, 2.24) is 10.6 Å². The summed E-state index contributed by atoms with van der Waals surface area (Å²) in [7, 11) is 0. The van der Waals surface area contributed by atoms with Crippen molar-refractivity contribution in [2.24, 2.45) is 11.3 Å². The second-order valence-electron chi connectivity index (χ2n) is 7.02. The van der Waals surface area contributed by atoms with Gasteiger partial charge in [-0.1, -0.05) is 13.8 Å². The van der Waals surface area contributed by atoms with E-state index in [-0.39, 0.29) is 41.0 Å². The van der Waals surface area contributed by atoms with Crippen LogP contribution >= 0.6 is 11.8 Å². The molecule has 2 saturated heterocycles. The monoisotopic (exact) mass is 310 g/mol. The van der Waals surface area contributed by atoms with Crippen LogP contribution in [0.15, 0.2) is 0 Å². The lowest BCUT2D eigenvalue weighted by Crippen LogP contribution is -2.44. The molecule has 1 aliphatic carbocycles. The first-order chi connectivity index (χ1) is 9.88. The Morgan fingerprint density at radius 3 is 2.48 bits per heavy atom. The van der Waals surface area contributed by atoms with Crippen LogP contribution in [0, 0.1) is 11.3 Å². The molecule has 3 aliphatic rings. The van der Waals surface area contributed by atoms with Gasteiger partial charge in [0.05, 0.1) is 18.0 Å². The summed E-state index contributed by atoms with van der Waals surface area (Å²) in [5.41, 5.74) is -0.00741. The lowest BCUT2D eigenvalue weighted by molar-refractivity contribution is -0.127. The molecule has 3 unspecified atom stereocenters. The molecule has 5 nitrogen and oxygen atoms in total. The van der Waals surface area contributed by atoms with Crippen LogP contribution in [0.4, 0.5) is 4.79 Å². The zero-order valence-corrected chi connectivity index (χ0v) is 13.3. The summed E-state index contributed by atoms with van der Waals surface area (Å²) in [6.07, 6.45) is 2.34. The van der Waals surface area contributed by atoms with Gasteiger partial charge in [0.1, 0.15) is 11.6 Å². The number of urea groups is 1. The van der Waals surface area contributed by atoms with E-state index in [4.69, 9.17) is 0 Å². The minimum absolute atomic E-state index is 0.00741. The number of thioether (sulfide) groups is 1. The Morgan fingerprint density at radius 2 is 1.81 bits per heavy atom. The minimum Gasteiger partial charge on any atom is -0.332 e. The maximum Gasteiger partial charge on any atom is 0.315 e. The third-order valence-corrected chi connectivity index (χ3v) is 6.91. The van der Waals surface area contributed by atoms with E-state index in [9.17, 15) is 14.4 Å². The zero-order valence-electron chi connectivity index (χ0n) is 12.5. The summed E-state index contributed by atoms with van der Waals surface area (Å²) in [5, 5.41) is 6.29. The lowest BCUT2D eigenvalue weighted by atomic mass is 9.78. The molecule has 2 N–H and O–H groups in total. The molecular weight excluding hydrogens is 288 g/mol. The Morgan fingerprint density at radius 1 is 1.14 bits per heavy atom. The molecule has 1 saturated carbocycles. The molecule has 0 radical (unpaired) electrons. The maximum absolute atomic E-state index is 11.8. The fourth-order valence-corrected chi connectivity index (χ4v) is 5.50. The van der Waals surface area contributed by atoms with E-state index < -0.39 is 0 Å². The van der Waals surface area contributed by atoms with E-state index in [0.717, 1.165) is 12.2 Å². The molecule has 0 aromatic heterocycles. The molecule has 2 amide bonds. The maximum atomic E-state index is 11.8. The summed E-state index contributed by atoms with van der Waals surface area (Å²) in [5.74, 6) is 0.786. The molecule has 3 fully saturated rings. The van der Waals surface area contributed by atoms with Crippen molar-refractivity contribution in [1.29, 1.82) is 0 Å². The Kier molecular flexibility index (Phi) is 3.76. The fraction of sp³-hybridized carbons (Fsp3) is 0.800. The van der Waals surface area contributed by atoms with Gasteiger partial charge in [-0.05, 0) is 18.3 Å². The van der Waals surface area contributed by atoms with Crippen molar-refractivity contribution in [2.45, 2.75) is 56.9 Å². The van der Waals surface area contributed by atoms with Crippen LogP contribution in [0.3, 0.4) is 0 Å². The van der Waals surface area contributed by atoms with Gasteiger partial charge in [0.25, 0.3) is 0 Å². The van der Waals surface area contributed by atoms with Gasteiger partial charge in [-0.3, -0.25) is 9.59 Å². The fourth-order valence-electron chi connectivity index (χ4n) is 3.76. The number of fused-ring (bicyclic) bond motifs is 1. The number of carbonyl (C=O) groups is 3. The first-order valence-electron chi connectivity index (χ1n) is 7.62.